The highest BCUT2D eigenvalue weighted by molar-refractivity contribution is 5.98. The van der Waals surface area contributed by atoms with Crippen molar-refractivity contribution in [3.63, 3.8) is 0 Å². The molecule has 0 aromatic heterocycles. The van der Waals surface area contributed by atoms with Crippen LogP contribution in [0.2, 0.25) is 0 Å². The summed E-state index contributed by atoms with van der Waals surface area (Å²) in [6.07, 6.45) is 5.48. The van der Waals surface area contributed by atoms with Crippen molar-refractivity contribution in [3.8, 4) is 0 Å². The summed E-state index contributed by atoms with van der Waals surface area (Å²) in [5.41, 5.74) is 1.48. The maximum Gasteiger partial charge on any atom is 0.256 e. The van der Waals surface area contributed by atoms with Gasteiger partial charge in [-0.15, -0.1) is 0 Å². The average Bonchev–Trinajstić information content (AvgIpc) is 3.15. The number of piperidine rings is 1. The summed E-state index contributed by atoms with van der Waals surface area (Å²) in [5.74, 6) is -0.870. The van der Waals surface area contributed by atoms with Gasteiger partial charge in [0.05, 0.1) is 5.56 Å². The van der Waals surface area contributed by atoms with Gasteiger partial charge in [0.1, 0.15) is 5.82 Å². The third-order valence-corrected chi connectivity index (χ3v) is 5.66. The van der Waals surface area contributed by atoms with E-state index in [1.807, 2.05) is 0 Å². The Labute approximate surface area is 147 Å². The highest BCUT2D eigenvalue weighted by atomic mass is 19.1. The molecule has 1 atom stereocenters. The van der Waals surface area contributed by atoms with Crippen LogP contribution in [0, 0.1) is 5.82 Å². The molecule has 3 heterocycles. The van der Waals surface area contributed by atoms with E-state index in [4.69, 9.17) is 0 Å². The van der Waals surface area contributed by atoms with Crippen LogP contribution in [0.3, 0.4) is 0 Å². The maximum atomic E-state index is 14.5. The second kappa shape index (κ2) is 6.75. The van der Waals surface area contributed by atoms with E-state index in [0.29, 0.717) is 37.7 Å². The molecule has 0 aliphatic carbocycles. The van der Waals surface area contributed by atoms with Crippen molar-refractivity contribution in [1.29, 1.82) is 0 Å². The zero-order valence-corrected chi connectivity index (χ0v) is 14.4. The number of aryl methyl sites for hydroxylation is 1. The van der Waals surface area contributed by atoms with E-state index in [1.165, 1.54) is 18.9 Å². The lowest BCUT2D eigenvalue weighted by molar-refractivity contribution is -0.116. The Balaban J connectivity index is 1.53. The van der Waals surface area contributed by atoms with Gasteiger partial charge in [-0.25, -0.2) is 4.39 Å². The topological polar surface area (TPSA) is 52.7 Å². The molecule has 5 nitrogen and oxygen atoms in total. The molecule has 134 valence electrons. The summed E-state index contributed by atoms with van der Waals surface area (Å²) in [5, 5.41) is 2.68. The average molecular weight is 345 g/mol. The fourth-order valence-electron chi connectivity index (χ4n) is 4.28. The molecule has 4 rings (SSSR count). The number of carbonyl (C=O) groups excluding carboxylic acids is 2. The predicted molar refractivity (Wildman–Crippen MR) is 93.1 cm³/mol. The molecular formula is C19H24FN3O2. The fourth-order valence-corrected chi connectivity index (χ4v) is 4.28. The number of nitrogens with zero attached hydrogens (tertiary/aromatic N) is 2. The summed E-state index contributed by atoms with van der Waals surface area (Å²) < 4.78 is 14.5. The molecule has 1 unspecified atom stereocenters. The van der Waals surface area contributed by atoms with Crippen LogP contribution < -0.4 is 5.32 Å². The molecule has 0 spiro atoms. The van der Waals surface area contributed by atoms with Gasteiger partial charge in [-0.1, -0.05) is 0 Å². The lowest BCUT2D eigenvalue weighted by Gasteiger charge is -2.37. The molecule has 0 bridgehead atoms. The Morgan fingerprint density at radius 1 is 1.12 bits per heavy atom. The molecule has 3 aliphatic rings. The van der Waals surface area contributed by atoms with Crippen molar-refractivity contribution < 1.29 is 14.0 Å². The molecule has 1 N–H and O–H groups in total. The normalized spacial score (nSPS) is 24.1. The Hall–Kier alpha value is -1.95. The monoisotopic (exact) mass is 345 g/mol. The van der Waals surface area contributed by atoms with E-state index < -0.39 is 5.82 Å². The van der Waals surface area contributed by atoms with Crippen molar-refractivity contribution >= 4 is 17.5 Å². The minimum Gasteiger partial charge on any atom is -0.337 e. The van der Waals surface area contributed by atoms with Gasteiger partial charge in [0.15, 0.2) is 0 Å². The van der Waals surface area contributed by atoms with E-state index in [0.717, 1.165) is 31.5 Å². The molecule has 2 fully saturated rings. The Morgan fingerprint density at radius 3 is 2.72 bits per heavy atom. The van der Waals surface area contributed by atoms with Crippen molar-refractivity contribution in [2.24, 2.45) is 0 Å². The van der Waals surface area contributed by atoms with Crippen LogP contribution in [0.1, 0.15) is 48.0 Å². The fraction of sp³-hybridized carbons (Fsp3) is 0.579. The number of rotatable bonds is 2. The Kier molecular flexibility index (Phi) is 4.46. The van der Waals surface area contributed by atoms with Crippen LogP contribution in [0.4, 0.5) is 10.1 Å². The zero-order valence-electron chi connectivity index (χ0n) is 14.4. The SMILES string of the molecule is O=C1CCc2cc(C(=O)N3CCCC(N4CCCC4)C3)c(F)cc2N1. The maximum absolute atomic E-state index is 14.5. The van der Waals surface area contributed by atoms with Gasteiger partial charge >= 0.3 is 0 Å². The van der Waals surface area contributed by atoms with Crippen LogP contribution in [-0.4, -0.2) is 53.8 Å². The molecule has 25 heavy (non-hydrogen) atoms. The van der Waals surface area contributed by atoms with Crippen LogP contribution in [0.5, 0.6) is 0 Å². The summed E-state index contributed by atoms with van der Waals surface area (Å²) in [6, 6.07) is 3.33. The van der Waals surface area contributed by atoms with Crippen molar-refractivity contribution in [1.82, 2.24) is 9.80 Å². The number of benzene rings is 1. The highest BCUT2D eigenvalue weighted by Crippen LogP contribution is 2.28. The van der Waals surface area contributed by atoms with E-state index in [9.17, 15) is 14.0 Å². The van der Waals surface area contributed by atoms with E-state index >= 15 is 0 Å². The molecule has 3 aliphatic heterocycles. The zero-order chi connectivity index (χ0) is 17.4. The first kappa shape index (κ1) is 16.5. The standard InChI is InChI=1S/C19H24FN3O2/c20-16-11-17-13(5-6-18(24)21-17)10-15(16)19(25)23-9-3-4-14(12-23)22-7-1-2-8-22/h10-11,14H,1-9,12H2,(H,21,24). The second-order valence-corrected chi connectivity index (χ2v) is 7.33. The molecular weight excluding hydrogens is 321 g/mol. The molecule has 2 saturated heterocycles. The quantitative estimate of drug-likeness (QED) is 0.896. The van der Waals surface area contributed by atoms with Gasteiger partial charge in [-0.05, 0) is 62.9 Å². The van der Waals surface area contributed by atoms with Gasteiger partial charge in [-0.2, -0.15) is 0 Å². The summed E-state index contributed by atoms with van der Waals surface area (Å²) in [7, 11) is 0. The molecule has 2 amide bonds. The summed E-state index contributed by atoms with van der Waals surface area (Å²) in [6.45, 7) is 3.60. The third kappa shape index (κ3) is 3.27. The van der Waals surface area contributed by atoms with E-state index in [1.54, 1.807) is 11.0 Å². The van der Waals surface area contributed by atoms with Gasteiger partial charge in [0.2, 0.25) is 5.91 Å². The number of halogens is 1. The van der Waals surface area contributed by atoms with Crippen LogP contribution in [0.15, 0.2) is 12.1 Å². The van der Waals surface area contributed by atoms with E-state index in [-0.39, 0.29) is 17.4 Å². The van der Waals surface area contributed by atoms with Crippen LogP contribution in [-0.2, 0) is 11.2 Å². The van der Waals surface area contributed by atoms with Crippen molar-refractivity contribution in [2.45, 2.75) is 44.6 Å². The highest BCUT2D eigenvalue weighted by Gasteiger charge is 2.31. The molecule has 6 heteroatoms. The number of carbonyl (C=O) groups is 2. The van der Waals surface area contributed by atoms with Crippen LogP contribution in [0.25, 0.3) is 0 Å². The van der Waals surface area contributed by atoms with Gasteiger partial charge < -0.3 is 10.2 Å². The van der Waals surface area contributed by atoms with Gasteiger partial charge in [-0.3, -0.25) is 14.5 Å². The molecule has 0 radical (unpaired) electrons. The second-order valence-electron chi connectivity index (χ2n) is 7.33. The Morgan fingerprint density at radius 2 is 1.92 bits per heavy atom. The van der Waals surface area contributed by atoms with E-state index in [2.05, 4.69) is 10.2 Å². The molecule has 1 aromatic rings. The smallest absolute Gasteiger partial charge is 0.256 e. The number of hydrogen-bond donors (Lipinski definition) is 1. The third-order valence-electron chi connectivity index (χ3n) is 5.66. The van der Waals surface area contributed by atoms with Gasteiger partial charge in [0, 0.05) is 31.2 Å². The first-order valence-corrected chi connectivity index (χ1v) is 9.27. The Bertz CT molecular complexity index is 700. The minimum absolute atomic E-state index is 0.101. The number of fused-ring (bicyclic) bond motifs is 1. The first-order valence-electron chi connectivity index (χ1n) is 9.27. The number of anilines is 1. The number of nitrogens with one attached hydrogen (secondary N) is 1. The van der Waals surface area contributed by atoms with Crippen molar-refractivity contribution in [3.05, 3.63) is 29.1 Å². The largest absolute Gasteiger partial charge is 0.337 e. The van der Waals surface area contributed by atoms with Crippen molar-refractivity contribution in [2.75, 3.05) is 31.5 Å². The first-order chi connectivity index (χ1) is 12.1. The number of likely N-dealkylation sites (tertiary alicyclic amines) is 2. The minimum atomic E-state index is -0.547. The lowest BCUT2D eigenvalue weighted by atomic mass is 9.98. The van der Waals surface area contributed by atoms with Crippen LogP contribution >= 0.6 is 0 Å². The van der Waals surface area contributed by atoms with Gasteiger partial charge in [0.25, 0.3) is 5.91 Å². The molecule has 0 saturated carbocycles. The molecule has 1 aromatic carbocycles. The number of amides is 2. The summed E-state index contributed by atoms with van der Waals surface area (Å²) in [4.78, 5) is 28.6. The number of hydrogen-bond acceptors (Lipinski definition) is 3. The summed E-state index contributed by atoms with van der Waals surface area (Å²) >= 11 is 0. The lowest BCUT2D eigenvalue weighted by Crippen LogP contribution is -2.49. The predicted octanol–water partition coefficient (Wildman–Crippen LogP) is 2.41.